The first kappa shape index (κ1) is 13.5. The van der Waals surface area contributed by atoms with Crippen LogP contribution in [0.25, 0.3) is 0 Å². The SMILES string of the molecule is Cc1cc(C)c(CN2CCOCC2CN)c(C)c1. The van der Waals surface area contributed by atoms with E-state index in [2.05, 4.69) is 37.8 Å². The molecule has 0 radical (unpaired) electrons. The van der Waals surface area contributed by atoms with Crippen molar-refractivity contribution in [3.63, 3.8) is 0 Å². The summed E-state index contributed by atoms with van der Waals surface area (Å²) < 4.78 is 5.50. The van der Waals surface area contributed by atoms with E-state index in [9.17, 15) is 0 Å². The molecule has 1 aromatic carbocycles. The van der Waals surface area contributed by atoms with Crippen LogP contribution in [0.3, 0.4) is 0 Å². The van der Waals surface area contributed by atoms with Crippen molar-refractivity contribution in [3.8, 4) is 0 Å². The minimum absolute atomic E-state index is 0.360. The molecule has 3 heteroatoms. The fourth-order valence-corrected chi connectivity index (χ4v) is 2.78. The van der Waals surface area contributed by atoms with E-state index >= 15 is 0 Å². The normalized spacial score (nSPS) is 21.2. The molecule has 0 aliphatic carbocycles. The molecule has 0 spiro atoms. The van der Waals surface area contributed by atoms with Crippen molar-refractivity contribution in [1.82, 2.24) is 4.90 Å². The largest absolute Gasteiger partial charge is 0.378 e. The highest BCUT2D eigenvalue weighted by Crippen LogP contribution is 2.20. The monoisotopic (exact) mass is 248 g/mol. The van der Waals surface area contributed by atoms with Gasteiger partial charge in [-0.2, -0.15) is 0 Å². The van der Waals surface area contributed by atoms with Gasteiger partial charge in [-0.15, -0.1) is 0 Å². The summed E-state index contributed by atoms with van der Waals surface area (Å²) in [6, 6.07) is 4.89. The standard InChI is InChI=1S/C15H24N2O/c1-11-6-12(2)15(13(3)7-11)9-17-4-5-18-10-14(17)8-16/h6-7,14H,4-5,8-10,16H2,1-3H3. The van der Waals surface area contributed by atoms with Crippen molar-refractivity contribution in [2.45, 2.75) is 33.4 Å². The molecule has 2 rings (SSSR count). The Hall–Kier alpha value is -0.900. The molecule has 1 aromatic rings. The first-order valence-corrected chi connectivity index (χ1v) is 6.70. The predicted octanol–water partition coefficient (Wildman–Crippen LogP) is 1.77. The third kappa shape index (κ3) is 2.91. The molecule has 0 aromatic heterocycles. The molecule has 18 heavy (non-hydrogen) atoms. The smallest absolute Gasteiger partial charge is 0.0634 e. The number of rotatable bonds is 3. The number of morpholine rings is 1. The summed E-state index contributed by atoms with van der Waals surface area (Å²) >= 11 is 0. The Morgan fingerprint density at radius 2 is 1.94 bits per heavy atom. The van der Waals surface area contributed by atoms with Gasteiger partial charge in [-0.25, -0.2) is 0 Å². The Balaban J connectivity index is 2.17. The zero-order chi connectivity index (χ0) is 13.1. The lowest BCUT2D eigenvalue weighted by atomic mass is 9.99. The van der Waals surface area contributed by atoms with E-state index in [4.69, 9.17) is 10.5 Å². The molecular formula is C15H24N2O. The number of hydrogen-bond acceptors (Lipinski definition) is 3. The number of nitrogens with zero attached hydrogens (tertiary/aromatic N) is 1. The zero-order valence-electron chi connectivity index (χ0n) is 11.7. The van der Waals surface area contributed by atoms with Gasteiger partial charge in [-0.1, -0.05) is 17.7 Å². The van der Waals surface area contributed by atoms with Crippen LogP contribution in [0.5, 0.6) is 0 Å². The summed E-state index contributed by atoms with van der Waals surface area (Å²) in [6.07, 6.45) is 0. The average molecular weight is 248 g/mol. The number of nitrogens with two attached hydrogens (primary N) is 1. The van der Waals surface area contributed by atoms with Crippen LogP contribution in [0.1, 0.15) is 22.3 Å². The van der Waals surface area contributed by atoms with E-state index in [1.807, 2.05) is 0 Å². The Morgan fingerprint density at radius 1 is 1.28 bits per heavy atom. The first-order valence-electron chi connectivity index (χ1n) is 6.70. The molecule has 100 valence electrons. The predicted molar refractivity (Wildman–Crippen MR) is 74.7 cm³/mol. The maximum atomic E-state index is 5.83. The van der Waals surface area contributed by atoms with E-state index in [0.717, 1.165) is 26.3 Å². The van der Waals surface area contributed by atoms with Crippen molar-refractivity contribution in [2.24, 2.45) is 5.73 Å². The van der Waals surface area contributed by atoms with Gasteiger partial charge in [0.1, 0.15) is 0 Å². The van der Waals surface area contributed by atoms with Gasteiger partial charge in [0.05, 0.1) is 13.2 Å². The van der Waals surface area contributed by atoms with Gasteiger partial charge in [0.25, 0.3) is 0 Å². The minimum atomic E-state index is 0.360. The van der Waals surface area contributed by atoms with E-state index in [0.29, 0.717) is 12.6 Å². The Kier molecular flexibility index (Phi) is 4.38. The Labute approximate surface area is 110 Å². The van der Waals surface area contributed by atoms with Crippen LogP contribution in [-0.2, 0) is 11.3 Å². The average Bonchev–Trinajstić information content (AvgIpc) is 2.34. The molecule has 2 N–H and O–H groups in total. The summed E-state index contributed by atoms with van der Waals surface area (Å²) in [5, 5.41) is 0. The van der Waals surface area contributed by atoms with Crippen LogP contribution < -0.4 is 5.73 Å². The summed E-state index contributed by atoms with van der Waals surface area (Å²) in [7, 11) is 0. The van der Waals surface area contributed by atoms with Crippen LogP contribution in [-0.4, -0.2) is 37.2 Å². The number of ether oxygens (including phenoxy) is 1. The van der Waals surface area contributed by atoms with E-state index < -0.39 is 0 Å². The number of hydrogen-bond donors (Lipinski definition) is 1. The summed E-state index contributed by atoms with van der Waals surface area (Å²) in [5.41, 5.74) is 11.4. The third-order valence-electron chi connectivity index (χ3n) is 3.82. The maximum Gasteiger partial charge on any atom is 0.0634 e. The van der Waals surface area contributed by atoms with Gasteiger partial charge in [0.2, 0.25) is 0 Å². The maximum absolute atomic E-state index is 5.83. The van der Waals surface area contributed by atoms with Crippen LogP contribution in [0.15, 0.2) is 12.1 Å². The topological polar surface area (TPSA) is 38.5 Å². The third-order valence-corrected chi connectivity index (χ3v) is 3.82. The van der Waals surface area contributed by atoms with Gasteiger partial charge in [0, 0.05) is 25.7 Å². The van der Waals surface area contributed by atoms with Crippen LogP contribution in [0, 0.1) is 20.8 Å². The molecule has 1 atom stereocenters. The van der Waals surface area contributed by atoms with E-state index in [1.165, 1.54) is 22.3 Å². The summed E-state index contributed by atoms with van der Waals surface area (Å²) in [4.78, 5) is 2.45. The van der Waals surface area contributed by atoms with Crippen molar-refractivity contribution >= 4 is 0 Å². The zero-order valence-corrected chi connectivity index (χ0v) is 11.7. The second-order valence-corrected chi connectivity index (χ2v) is 5.31. The van der Waals surface area contributed by atoms with Crippen molar-refractivity contribution in [1.29, 1.82) is 0 Å². The molecule has 1 aliphatic heterocycles. The van der Waals surface area contributed by atoms with E-state index in [1.54, 1.807) is 0 Å². The molecule has 1 heterocycles. The lowest BCUT2D eigenvalue weighted by molar-refractivity contribution is -0.00808. The van der Waals surface area contributed by atoms with Crippen LogP contribution >= 0.6 is 0 Å². The number of aryl methyl sites for hydroxylation is 3. The minimum Gasteiger partial charge on any atom is -0.378 e. The molecule has 3 nitrogen and oxygen atoms in total. The Bertz CT molecular complexity index is 394. The quantitative estimate of drug-likeness (QED) is 0.886. The molecule has 1 saturated heterocycles. The van der Waals surface area contributed by atoms with Gasteiger partial charge in [0.15, 0.2) is 0 Å². The molecule has 1 unspecified atom stereocenters. The van der Waals surface area contributed by atoms with Crippen molar-refractivity contribution < 1.29 is 4.74 Å². The lowest BCUT2D eigenvalue weighted by Gasteiger charge is -2.35. The van der Waals surface area contributed by atoms with Crippen LogP contribution in [0.4, 0.5) is 0 Å². The van der Waals surface area contributed by atoms with Gasteiger partial charge >= 0.3 is 0 Å². The van der Waals surface area contributed by atoms with Gasteiger partial charge in [-0.05, 0) is 37.5 Å². The van der Waals surface area contributed by atoms with Crippen molar-refractivity contribution in [2.75, 3.05) is 26.3 Å². The fourth-order valence-electron chi connectivity index (χ4n) is 2.78. The highest BCUT2D eigenvalue weighted by atomic mass is 16.5. The number of benzene rings is 1. The fraction of sp³-hybridized carbons (Fsp3) is 0.600. The molecule has 0 bridgehead atoms. The molecule has 1 aliphatic rings. The Morgan fingerprint density at radius 3 is 2.56 bits per heavy atom. The van der Waals surface area contributed by atoms with Crippen molar-refractivity contribution in [3.05, 3.63) is 34.4 Å². The highest BCUT2D eigenvalue weighted by Gasteiger charge is 2.22. The lowest BCUT2D eigenvalue weighted by Crippen LogP contribution is -2.48. The van der Waals surface area contributed by atoms with Crippen LogP contribution in [0.2, 0.25) is 0 Å². The summed E-state index contributed by atoms with van der Waals surface area (Å²) in [6.45, 7) is 10.8. The first-order chi connectivity index (χ1) is 8.61. The highest BCUT2D eigenvalue weighted by molar-refractivity contribution is 5.37. The van der Waals surface area contributed by atoms with Gasteiger partial charge < -0.3 is 10.5 Å². The van der Waals surface area contributed by atoms with E-state index in [-0.39, 0.29) is 0 Å². The molecular weight excluding hydrogens is 224 g/mol. The molecule has 0 amide bonds. The second-order valence-electron chi connectivity index (χ2n) is 5.31. The molecule has 1 fully saturated rings. The molecule has 0 saturated carbocycles. The summed E-state index contributed by atoms with van der Waals surface area (Å²) in [5.74, 6) is 0. The van der Waals surface area contributed by atoms with Gasteiger partial charge in [-0.3, -0.25) is 4.90 Å². The second kappa shape index (κ2) is 5.83.